The van der Waals surface area contributed by atoms with Gasteiger partial charge >= 0.3 is 0 Å². The van der Waals surface area contributed by atoms with Crippen LogP contribution in [0.4, 0.5) is 0 Å². The van der Waals surface area contributed by atoms with Gasteiger partial charge in [0.05, 0.1) is 0 Å². The van der Waals surface area contributed by atoms with Gasteiger partial charge in [0.25, 0.3) is 11.8 Å². The van der Waals surface area contributed by atoms with Crippen molar-refractivity contribution in [1.29, 1.82) is 0 Å². The Morgan fingerprint density at radius 1 is 0.906 bits per heavy atom. The molecule has 1 heterocycles. The molecule has 1 aliphatic rings. The molecule has 0 atom stereocenters. The van der Waals surface area contributed by atoms with E-state index in [9.17, 15) is 9.59 Å². The summed E-state index contributed by atoms with van der Waals surface area (Å²) in [5.41, 5.74) is 5.42. The normalized spacial score (nSPS) is 14.2. The average Bonchev–Trinajstić information content (AvgIpc) is 2.76. The molecule has 0 spiro atoms. The highest BCUT2D eigenvalue weighted by atomic mass is 16.5. The Morgan fingerprint density at radius 3 is 2.28 bits per heavy atom. The van der Waals surface area contributed by atoms with Crippen molar-refractivity contribution in [1.82, 2.24) is 10.2 Å². The fraction of sp³-hybridized carbons (Fsp3) is 0.462. The summed E-state index contributed by atoms with van der Waals surface area (Å²) >= 11 is 0. The van der Waals surface area contributed by atoms with Gasteiger partial charge in [0.15, 0.2) is 13.2 Å². The molecule has 0 aromatic heterocycles. The Balaban J connectivity index is 1.41. The number of ether oxygens (including phenoxy) is 2. The maximum absolute atomic E-state index is 12.5. The van der Waals surface area contributed by atoms with E-state index in [0.29, 0.717) is 13.1 Å². The number of amides is 2. The summed E-state index contributed by atoms with van der Waals surface area (Å²) in [5, 5.41) is 3.04. The summed E-state index contributed by atoms with van der Waals surface area (Å²) in [6.45, 7) is 11.3. The van der Waals surface area contributed by atoms with Gasteiger partial charge in [0.1, 0.15) is 11.5 Å². The molecule has 2 amide bonds. The van der Waals surface area contributed by atoms with Crippen LogP contribution in [0.5, 0.6) is 11.5 Å². The quantitative estimate of drug-likeness (QED) is 0.714. The lowest BCUT2D eigenvalue weighted by Crippen LogP contribution is -2.48. The molecule has 1 saturated heterocycles. The van der Waals surface area contributed by atoms with Gasteiger partial charge in [-0.05, 0) is 75.8 Å². The third-order valence-corrected chi connectivity index (χ3v) is 6.12. The number of carbonyl (C=O) groups excluding carboxylic acids is 2. The van der Waals surface area contributed by atoms with Crippen LogP contribution in [0.3, 0.4) is 0 Å². The van der Waals surface area contributed by atoms with Crippen LogP contribution in [-0.2, 0) is 9.59 Å². The summed E-state index contributed by atoms with van der Waals surface area (Å²) in [6.07, 6.45) is 1.45. The lowest BCUT2D eigenvalue weighted by molar-refractivity contribution is -0.134. The fourth-order valence-electron chi connectivity index (χ4n) is 4.02. The van der Waals surface area contributed by atoms with E-state index in [2.05, 4.69) is 11.4 Å². The molecule has 1 aliphatic heterocycles. The first-order chi connectivity index (χ1) is 15.2. The fourth-order valence-corrected chi connectivity index (χ4v) is 4.02. The zero-order chi connectivity index (χ0) is 23.3. The SMILES string of the molecule is Cc1ccc(OCC(=O)N2CCC(NC(=O)COc3c(C)ccc(C)c3C)CC2)c(C)c1. The Morgan fingerprint density at radius 2 is 1.59 bits per heavy atom. The first-order valence-corrected chi connectivity index (χ1v) is 11.2. The van der Waals surface area contributed by atoms with Crippen LogP contribution in [-0.4, -0.2) is 49.1 Å². The minimum atomic E-state index is -0.131. The van der Waals surface area contributed by atoms with E-state index in [1.807, 2.05) is 63.8 Å². The van der Waals surface area contributed by atoms with Gasteiger partial charge < -0.3 is 19.7 Å². The van der Waals surface area contributed by atoms with Gasteiger partial charge in [-0.1, -0.05) is 29.8 Å². The van der Waals surface area contributed by atoms with Crippen molar-refractivity contribution in [2.75, 3.05) is 26.3 Å². The highest BCUT2D eigenvalue weighted by Crippen LogP contribution is 2.25. The van der Waals surface area contributed by atoms with Crippen molar-refractivity contribution in [3.63, 3.8) is 0 Å². The topological polar surface area (TPSA) is 67.9 Å². The van der Waals surface area contributed by atoms with Gasteiger partial charge in [0, 0.05) is 19.1 Å². The minimum absolute atomic E-state index is 0.00593. The molecular formula is C26H34N2O4. The van der Waals surface area contributed by atoms with Crippen molar-refractivity contribution in [3.8, 4) is 11.5 Å². The van der Waals surface area contributed by atoms with Crippen LogP contribution in [0, 0.1) is 34.6 Å². The van der Waals surface area contributed by atoms with Crippen LogP contribution in [0.15, 0.2) is 30.3 Å². The largest absolute Gasteiger partial charge is 0.484 e. The molecular weight excluding hydrogens is 404 g/mol. The summed E-state index contributed by atoms with van der Waals surface area (Å²) in [7, 11) is 0. The number of aryl methyl sites for hydroxylation is 4. The van der Waals surface area contributed by atoms with Crippen molar-refractivity contribution in [2.45, 2.75) is 53.5 Å². The molecule has 3 rings (SSSR count). The van der Waals surface area contributed by atoms with Gasteiger partial charge in [-0.3, -0.25) is 9.59 Å². The number of rotatable bonds is 7. The number of carbonyl (C=O) groups is 2. The van der Waals surface area contributed by atoms with E-state index in [1.165, 1.54) is 5.56 Å². The number of likely N-dealkylation sites (tertiary alicyclic amines) is 1. The predicted octanol–water partition coefficient (Wildman–Crippen LogP) is 3.79. The molecule has 6 heteroatoms. The van der Waals surface area contributed by atoms with Gasteiger partial charge in [-0.15, -0.1) is 0 Å². The van der Waals surface area contributed by atoms with E-state index in [0.717, 1.165) is 46.6 Å². The van der Waals surface area contributed by atoms with Crippen molar-refractivity contribution >= 4 is 11.8 Å². The zero-order valence-electron chi connectivity index (χ0n) is 19.8. The van der Waals surface area contributed by atoms with Gasteiger partial charge in [-0.2, -0.15) is 0 Å². The first-order valence-electron chi connectivity index (χ1n) is 11.2. The second kappa shape index (κ2) is 10.5. The van der Waals surface area contributed by atoms with Crippen LogP contribution in [0.25, 0.3) is 0 Å². The number of hydrogen-bond acceptors (Lipinski definition) is 4. The average molecular weight is 439 g/mol. The maximum atomic E-state index is 12.5. The number of nitrogens with one attached hydrogen (secondary N) is 1. The van der Waals surface area contributed by atoms with Crippen LogP contribution in [0.1, 0.15) is 40.7 Å². The second-order valence-electron chi connectivity index (χ2n) is 8.72. The van der Waals surface area contributed by atoms with Crippen molar-refractivity contribution in [3.05, 3.63) is 58.1 Å². The predicted molar refractivity (Wildman–Crippen MR) is 125 cm³/mol. The lowest BCUT2D eigenvalue weighted by atomic mass is 10.0. The van der Waals surface area contributed by atoms with E-state index in [-0.39, 0.29) is 31.1 Å². The first kappa shape index (κ1) is 23.6. The van der Waals surface area contributed by atoms with Crippen LogP contribution < -0.4 is 14.8 Å². The molecule has 32 heavy (non-hydrogen) atoms. The molecule has 1 fully saturated rings. The number of hydrogen-bond donors (Lipinski definition) is 1. The molecule has 0 radical (unpaired) electrons. The summed E-state index contributed by atoms with van der Waals surface area (Å²) in [6, 6.07) is 10.0. The van der Waals surface area contributed by atoms with Gasteiger partial charge in [0.2, 0.25) is 0 Å². The molecule has 0 unspecified atom stereocenters. The molecule has 0 saturated carbocycles. The number of piperidine rings is 1. The number of benzene rings is 2. The highest BCUT2D eigenvalue weighted by molar-refractivity contribution is 5.79. The van der Waals surface area contributed by atoms with Crippen molar-refractivity contribution in [2.24, 2.45) is 0 Å². The summed E-state index contributed by atoms with van der Waals surface area (Å²) in [4.78, 5) is 26.7. The minimum Gasteiger partial charge on any atom is -0.484 e. The molecule has 172 valence electrons. The van der Waals surface area contributed by atoms with Gasteiger partial charge in [-0.25, -0.2) is 0 Å². The van der Waals surface area contributed by atoms with E-state index in [1.54, 1.807) is 0 Å². The lowest BCUT2D eigenvalue weighted by Gasteiger charge is -2.32. The van der Waals surface area contributed by atoms with E-state index >= 15 is 0 Å². The second-order valence-corrected chi connectivity index (χ2v) is 8.72. The Labute approximate surface area is 190 Å². The highest BCUT2D eigenvalue weighted by Gasteiger charge is 2.24. The molecule has 6 nitrogen and oxygen atoms in total. The van der Waals surface area contributed by atoms with Crippen LogP contribution >= 0.6 is 0 Å². The maximum Gasteiger partial charge on any atom is 0.260 e. The van der Waals surface area contributed by atoms with Crippen LogP contribution in [0.2, 0.25) is 0 Å². The van der Waals surface area contributed by atoms with E-state index in [4.69, 9.17) is 9.47 Å². The molecule has 2 aromatic carbocycles. The monoisotopic (exact) mass is 438 g/mol. The molecule has 1 N–H and O–H groups in total. The molecule has 0 bridgehead atoms. The standard InChI is InChI=1S/C26H34N2O4/c1-17-6-9-23(20(4)14-17)31-16-25(30)28-12-10-22(11-13-28)27-24(29)15-32-26-19(3)8-7-18(2)21(26)5/h6-9,14,22H,10-13,15-16H2,1-5H3,(H,27,29). The van der Waals surface area contributed by atoms with E-state index < -0.39 is 0 Å². The Hall–Kier alpha value is -3.02. The Kier molecular flexibility index (Phi) is 7.78. The molecule has 2 aromatic rings. The smallest absolute Gasteiger partial charge is 0.260 e. The zero-order valence-corrected chi connectivity index (χ0v) is 19.8. The summed E-state index contributed by atoms with van der Waals surface area (Å²) in [5.74, 6) is 1.37. The third-order valence-electron chi connectivity index (χ3n) is 6.12. The van der Waals surface area contributed by atoms with Crippen molar-refractivity contribution < 1.29 is 19.1 Å². The Bertz CT molecular complexity index is 978. The molecule has 0 aliphatic carbocycles. The summed E-state index contributed by atoms with van der Waals surface area (Å²) < 4.78 is 11.5. The number of nitrogens with zero attached hydrogens (tertiary/aromatic N) is 1. The third kappa shape index (κ3) is 6.02.